The number of aromatic nitrogens is 1. The van der Waals surface area contributed by atoms with Gasteiger partial charge in [0.1, 0.15) is 11.5 Å². The largest absolute Gasteiger partial charge is 0.497 e. The molecule has 22 heavy (non-hydrogen) atoms. The molecule has 1 heterocycles. The van der Waals surface area contributed by atoms with Gasteiger partial charge in [-0.1, -0.05) is 0 Å². The second-order valence-corrected chi connectivity index (χ2v) is 4.99. The third-order valence-corrected chi connectivity index (χ3v) is 3.51. The molecular weight excluding hydrogens is 280 g/mol. The third kappa shape index (κ3) is 3.03. The van der Waals surface area contributed by atoms with E-state index in [1.54, 1.807) is 27.3 Å². The third-order valence-electron chi connectivity index (χ3n) is 3.51. The van der Waals surface area contributed by atoms with Gasteiger partial charge >= 0.3 is 0 Å². The van der Waals surface area contributed by atoms with Gasteiger partial charge in [0.15, 0.2) is 0 Å². The predicted molar refractivity (Wildman–Crippen MR) is 87.6 cm³/mol. The molecule has 0 unspecified atom stereocenters. The Bertz CT molecular complexity index is 727. The summed E-state index contributed by atoms with van der Waals surface area (Å²) in [5.74, 6) is 1.38. The summed E-state index contributed by atoms with van der Waals surface area (Å²) in [5.41, 5.74) is 4.12. The number of ether oxygens (including phenoxy) is 2. The Morgan fingerprint density at radius 1 is 1.05 bits per heavy atom. The Morgan fingerprint density at radius 3 is 2.09 bits per heavy atom. The van der Waals surface area contributed by atoms with Crippen LogP contribution in [0.25, 0.3) is 0 Å². The summed E-state index contributed by atoms with van der Waals surface area (Å²) in [4.78, 5) is 18.8. The molecule has 0 amide bonds. The molecule has 0 aliphatic rings. The molecular formula is C17H20N2O3. The van der Waals surface area contributed by atoms with Gasteiger partial charge in [-0.25, -0.2) is 0 Å². The summed E-state index contributed by atoms with van der Waals surface area (Å²) in [6.45, 7) is 3.77. The van der Waals surface area contributed by atoms with Crippen LogP contribution in [-0.4, -0.2) is 32.0 Å². The van der Waals surface area contributed by atoms with Crippen molar-refractivity contribution in [2.24, 2.45) is 4.99 Å². The zero-order valence-corrected chi connectivity index (χ0v) is 13.5. The number of nitrogens with one attached hydrogen (secondary N) is 1. The number of hydrogen-bond donors (Lipinski definition) is 1. The van der Waals surface area contributed by atoms with Gasteiger partial charge in [0.25, 0.3) is 0 Å². The Morgan fingerprint density at radius 2 is 1.64 bits per heavy atom. The summed E-state index contributed by atoms with van der Waals surface area (Å²) < 4.78 is 10.6. The van der Waals surface area contributed by atoms with E-state index >= 15 is 0 Å². The minimum atomic E-state index is -0.113. The molecule has 0 saturated carbocycles. The maximum Gasteiger partial charge on any atom is 0.248 e. The van der Waals surface area contributed by atoms with Crippen LogP contribution in [0.4, 0.5) is 0 Å². The van der Waals surface area contributed by atoms with Crippen molar-refractivity contribution < 1.29 is 9.47 Å². The summed E-state index contributed by atoms with van der Waals surface area (Å²) >= 11 is 0. The van der Waals surface area contributed by atoms with E-state index in [0.29, 0.717) is 11.5 Å². The standard InChI is InChI=1S/C17H20N2O3/c1-10-6-15(20)19-11(2)16(10)17(18-3)12-7-13(21-4)9-14(8-12)22-5/h6-9H,1-5H3,(H,19,20). The van der Waals surface area contributed by atoms with E-state index in [-0.39, 0.29) is 5.56 Å². The highest BCUT2D eigenvalue weighted by Gasteiger charge is 2.15. The second-order valence-electron chi connectivity index (χ2n) is 4.99. The Hall–Kier alpha value is -2.56. The number of hydrogen-bond acceptors (Lipinski definition) is 4. The van der Waals surface area contributed by atoms with Gasteiger partial charge in [-0.3, -0.25) is 9.79 Å². The van der Waals surface area contributed by atoms with Crippen molar-refractivity contribution >= 4 is 5.71 Å². The lowest BCUT2D eigenvalue weighted by Gasteiger charge is -2.14. The minimum Gasteiger partial charge on any atom is -0.497 e. The number of methoxy groups -OCH3 is 2. The molecule has 1 N–H and O–H groups in total. The molecule has 0 aliphatic carbocycles. The van der Waals surface area contributed by atoms with Crippen LogP contribution in [0, 0.1) is 13.8 Å². The van der Waals surface area contributed by atoms with Crippen LogP contribution >= 0.6 is 0 Å². The van der Waals surface area contributed by atoms with Crippen LogP contribution in [0.2, 0.25) is 0 Å². The SMILES string of the molecule is CN=C(c1cc(OC)cc(OC)c1)c1c(C)cc(=O)[nH]c1C. The first-order valence-corrected chi connectivity index (χ1v) is 6.91. The summed E-state index contributed by atoms with van der Waals surface area (Å²) in [5, 5.41) is 0. The van der Waals surface area contributed by atoms with E-state index in [0.717, 1.165) is 28.1 Å². The molecule has 0 saturated heterocycles. The molecule has 116 valence electrons. The van der Waals surface area contributed by atoms with E-state index in [1.165, 1.54) is 0 Å². The van der Waals surface area contributed by atoms with Crippen LogP contribution in [0.5, 0.6) is 11.5 Å². The average molecular weight is 300 g/mol. The summed E-state index contributed by atoms with van der Waals surface area (Å²) in [6, 6.07) is 7.18. The zero-order valence-electron chi connectivity index (χ0n) is 13.5. The maximum absolute atomic E-state index is 11.6. The van der Waals surface area contributed by atoms with Gasteiger partial charge in [0.05, 0.1) is 19.9 Å². The number of pyridine rings is 1. The van der Waals surface area contributed by atoms with E-state index < -0.39 is 0 Å². The quantitative estimate of drug-likeness (QED) is 0.882. The molecule has 0 spiro atoms. The van der Waals surface area contributed by atoms with Crippen molar-refractivity contribution in [2.75, 3.05) is 21.3 Å². The fourth-order valence-corrected chi connectivity index (χ4v) is 2.54. The number of H-pyrrole nitrogens is 1. The van der Waals surface area contributed by atoms with Crippen molar-refractivity contribution in [1.82, 2.24) is 4.98 Å². The molecule has 0 fully saturated rings. The topological polar surface area (TPSA) is 63.7 Å². The van der Waals surface area contributed by atoms with Crippen LogP contribution in [0.3, 0.4) is 0 Å². The van der Waals surface area contributed by atoms with Crippen molar-refractivity contribution in [3.8, 4) is 11.5 Å². The highest BCUT2D eigenvalue weighted by atomic mass is 16.5. The smallest absolute Gasteiger partial charge is 0.248 e. The highest BCUT2D eigenvalue weighted by molar-refractivity contribution is 6.14. The lowest BCUT2D eigenvalue weighted by atomic mass is 9.96. The molecule has 5 nitrogen and oxygen atoms in total. The van der Waals surface area contributed by atoms with Gasteiger partial charge < -0.3 is 14.5 Å². The number of aromatic amines is 1. The normalized spacial score (nSPS) is 11.4. The van der Waals surface area contributed by atoms with Crippen LogP contribution in [-0.2, 0) is 0 Å². The second kappa shape index (κ2) is 6.47. The Labute approximate surface area is 129 Å². The van der Waals surface area contributed by atoms with Gasteiger partial charge in [0.2, 0.25) is 5.56 Å². The minimum absolute atomic E-state index is 0.113. The Kier molecular flexibility index (Phi) is 4.65. The van der Waals surface area contributed by atoms with Crippen LogP contribution in [0.15, 0.2) is 34.1 Å². The van der Waals surface area contributed by atoms with E-state index in [2.05, 4.69) is 9.98 Å². The lowest BCUT2D eigenvalue weighted by molar-refractivity contribution is 0.394. The van der Waals surface area contributed by atoms with Gasteiger partial charge in [-0.05, 0) is 31.5 Å². The van der Waals surface area contributed by atoms with Crippen LogP contribution in [0.1, 0.15) is 22.4 Å². The molecule has 2 rings (SSSR count). The highest BCUT2D eigenvalue weighted by Crippen LogP contribution is 2.26. The Balaban J connectivity index is 2.66. The molecule has 2 aromatic rings. The first-order chi connectivity index (χ1) is 10.5. The molecule has 1 aromatic carbocycles. The van der Waals surface area contributed by atoms with Crippen molar-refractivity contribution in [3.05, 3.63) is 57.0 Å². The number of nitrogens with zero attached hydrogens (tertiary/aromatic N) is 1. The molecule has 0 aliphatic heterocycles. The van der Waals surface area contributed by atoms with Crippen molar-refractivity contribution in [2.45, 2.75) is 13.8 Å². The number of rotatable bonds is 4. The zero-order chi connectivity index (χ0) is 16.3. The monoisotopic (exact) mass is 300 g/mol. The van der Waals surface area contributed by atoms with Gasteiger partial charge in [-0.15, -0.1) is 0 Å². The molecule has 1 aromatic heterocycles. The van der Waals surface area contributed by atoms with Gasteiger partial charge in [-0.2, -0.15) is 0 Å². The number of benzene rings is 1. The fraction of sp³-hybridized carbons (Fsp3) is 0.294. The summed E-state index contributed by atoms with van der Waals surface area (Å²) in [7, 11) is 4.95. The number of aryl methyl sites for hydroxylation is 2. The first kappa shape index (κ1) is 15.8. The first-order valence-electron chi connectivity index (χ1n) is 6.91. The van der Waals surface area contributed by atoms with Crippen molar-refractivity contribution in [3.63, 3.8) is 0 Å². The molecule has 5 heteroatoms. The van der Waals surface area contributed by atoms with E-state index in [4.69, 9.17) is 9.47 Å². The van der Waals surface area contributed by atoms with Crippen molar-refractivity contribution in [1.29, 1.82) is 0 Å². The van der Waals surface area contributed by atoms with Gasteiger partial charge in [0, 0.05) is 36.0 Å². The van der Waals surface area contributed by atoms with E-state index in [1.807, 2.05) is 32.0 Å². The number of aliphatic imine (C=N–C) groups is 1. The lowest BCUT2D eigenvalue weighted by Crippen LogP contribution is -2.16. The van der Waals surface area contributed by atoms with Crippen LogP contribution < -0.4 is 15.0 Å². The average Bonchev–Trinajstić information content (AvgIpc) is 2.49. The van der Waals surface area contributed by atoms with E-state index in [9.17, 15) is 4.79 Å². The molecule has 0 atom stereocenters. The summed E-state index contributed by atoms with van der Waals surface area (Å²) in [6.07, 6.45) is 0. The predicted octanol–water partition coefficient (Wildman–Crippen LogP) is 2.48. The fourth-order valence-electron chi connectivity index (χ4n) is 2.54. The molecule has 0 bridgehead atoms. The molecule has 0 radical (unpaired) electrons. The maximum atomic E-state index is 11.6.